The van der Waals surface area contributed by atoms with Crippen molar-refractivity contribution < 1.29 is 4.92 Å². The van der Waals surface area contributed by atoms with Crippen molar-refractivity contribution in [1.29, 1.82) is 0 Å². The van der Waals surface area contributed by atoms with E-state index in [2.05, 4.69) is 15.3 Å². The largest absolute Gasteiger partial charge is 0.368 e. The fourth-order valence-corrected chi connectivity index (χ4v) is 1.64. The zero-order valence-electron chi connectivity index (χ0n) is 10.3. The van der Waals surface area contributed by atoms with Gasteiger partial charge in [-0.15, -0.1) is 0 Å². The van der Waals surface area contributed by atoms with Gasteiger partial charge in [0.05, 0.1) is 4.92 Å². The number of anilines is 2. The van der Waals surface area contributed by atoms with E-state index in [1.54, 1.807) is 0 Å². The van der Waals surface area contributed by atoms with Crippen molar-refractivity contribution in [2.75, 3.05) is 11.1 Å². The average Bonchev–Trinajstić information content (AvgIpc) is 2.37. The van der Waals surface area contributed by atoms with Gasteiger partial charge in [-0.25, -0.2) is 4.98 Å². The van der Waals surface area contributed by atoms with E-state index >= 15 is 0 Å². The molecule has 0 saturated heterocycles. The maximum absolute atomic E-state index is 10.9. The Hall–Kier alpha value is -2.70. The van der Waals surface area contributed by atoms with Gasteiger partial charge in [0.15, 0.2) is 0 Å². The van der Waals surface area contributed by atoms with Crippen molar-refractivity contribution in [2.45, 2.75) is 13.5 Å². The van der Waals surface area contributed by atoms with Crippen LogP contribution in [0.2, 0.25) is 0 Å². The number of nitrogens with one attached hydrogen (secondary N) is 1. The van der Waals surface area contributed by atoms with E-state index in [9.17, 15) is 10.1 Å². The van der Waals surface area contributed by atoms with E-state index < -0.39 is 4.92 Å². The molecule has 0 aliphatic rings. The number of nitrogens with zero attached hydrogens (tertiary/aromatic N) is 3. The Labute approximate surface area is 109 Å². The number of nitro groups is 1. The minimum Gasteiger partial charge on any atom is -0.368 e. The Morgan fingerprint density at radius 3 is 2.84 bits per heavy atom. The SMILES string of the molecule is Cc1ccccc1CNc1nc(N)ncc1[N+](=O)[O-]. The summed E-state index contributed by atoms with van der Waals surface area (Å²) >= 11 is 0. The molecule has 0 fully saturated rings. The van der Waals surface area contributed by atoms with E-state index in [4.69, 9.17) is 5.73 Å². The lowest BCUT2D eigenvalue weighted by molar-refractivity contribution is -0.384. The zero-order valence-corrected chi connectivity index (χ0v) is 10.3. The van der Waals surface area contributed by atoms with Crippen LogP contribution in [0, 0.1) is 17.0 Å². The molecule has 0 aliphatic carbocycles. The van der Waals surface area contributed by atoms with Crippen molar-refractivity contribution >= 4 is 17.5 Å². The third-order valence-electron chi connectivity index (χ3n) is 2.69. The fraction of sp³-hybridized carbons (Fsp3) is 0.167. The molecule has 0 atom stereocenters. The molecule has 3 N–H and O–H groups in total. The summed E-state index contributed by atoms with van der Waals surface area (Å²) in [7, 11) is 0. The van der Waals surface area contributed by atoms with Crippen molar-refractivity contribution in [1.82, 2.24) is 9.97 Å². The number of aromatic nitrogens is 2. The minimum atomic E-state index is -0.542. The van der Waals surface area contributed by atoms with Gasteiger partial charge in [-0.1, -0.05) is 24.3 Å². The van der Waals surface area contributed by atoms with Gasteiger partial charge < -0.3 is 11.1 Å². The molecule has 0 aliphatic heterocycles. The first kappa shape index (κ1) is 12.7. The first-order valence-electron chi connectivity index (χ1n) is 5.63. The molecule has 0 saturated carbocycles. The molecule has 1 heterocycles. The zero-order chi connectivity index (χ0) is 13.8. The molecular formula is C12H13N5O2. The summed E-state index contributed by atoms with van der Waals surface area (Å²) in [5, 5.41) is 13.8. The van der Waals surface area contributed by atoms with Gasteiger partial charge in [0.25, 0.3) is 0 Å². The normalized spacial score (nSPS) is 10.2. The van der Waals surface area contributed by atoms with Crippen LogP contribution in [0.15, 0.2) is 30.5 Å². The van der Waals surface area contributed by atoms with E-state index in [1.165, 1.54) is 0 Å². The highest BCUT2D eigenvalue weighted by Crippen LogP contribution is 2.22. The summed E-state index contributed by atoms with van der Waals surface area (Å²) < 4.78 is 0. The number of hydrogen-bond donors (Lipinski definition) is 2. The van der Waals surface area contributed by atoms with Crippen molar-refractivity contribution in [3.63, 3.8) is 0 Å². The van der Waals surface area contributed by atoms with Gasteiger partial charge in [0, 0.05) is 6.54 Å². The summed E-state index contributed by atoms with van der Waals surface area (Å²) in [5.41, 5.74) is 7.38. The van der Waals surface area contributed by atoms with Crippen LogP contribution >= 0.6 is 0 Å². The van der Waals surface area contributed by atoms with E-state index in [-0.39, 0.29) is 17.5 Å². The Bertz CT molecular complexity index is 615. The van der Waals surface area contributed by atoms with E-state index in [0.717, 1.165) is 17.3 Å². The molecule has 1 aromatic carbocycles. The number of nitrogen functional groups attached to an aromatic ring is 1. The van der Waals surface area contributed by atoms with Crippen molar-refractivity contribution in [3.8, 4) is 0 Å². The summed E-state index contributed by atoms with van der Waals surface area (Å²) in [6.07, 6.45) is 1.10. The summed E-state index contributed by atoms with van der Waals surface area (Å²) in [6, 6.07) is 7.76. The quantitative estimate of drug-likeness (QED) is 0.641. The van der Waals surface area contributed by atoms with Gasteiger partial charge in [-0.3, -0.25) is 10.1 Å². The molecule has 0 bridgehead atoms. The molecule has 98 valence electrons. The summed E-state index contributed by atoms with van der Waals surface area (Å²) in [4.78, 5) is 17.8. The highest BCUT2D eigenvalue weighted by molar-refractivity contribution is 5.56. The second-order valence-electron chi connectivity index (χ2n) is 4.00. The van der Waals surface area contributed by atoms with Crippen LogP contribution in [0.25, 0.3) is 0 Å². The molecule has 0 radical (unpaired) electrons. The van der Waals surface area contributed by atoms with Crippen LogP contribution in [0.5, 0.6) is 0 Å². The van der Waals surface area contributed by atoms with Gasteiger partial charge in [-0.2, -0.15) is 4.98 Å². The average molecular weight is 259 g/mol. The van der Waals surface area contributed by atoms with E-state index in [0.29, 0.717) is 6.54 Å². The highest BCUT2D eigenvalue weighted by atomic mass is 16.6. The maximum Gasteiger partial charge on any atom is 0.329 e. The molecule has 2 aromatic rings. The Kier molecular flexibility index (Phi) is 3.56. The molecular weight excluding hydrogens is 246 g/mol. The van der Waals surface area contributed by atoms with E-state index in [1.807, 2.05) is 31.2 Å². The molecule has 0 spiro atoms. The molecule has 1 aromatic heterocycles. The van der Waals surface area contributed by atoms with Crippen LogP contribution in [0.4, 0.5) is 17.5 Å². The number of benzene rings is 1. The molecule has 7 heteroatoms. The third-order valence-corrected chi connectivity index (χ3v) is 2.69. The van der Waals surface area contributed by atoms with Crippen LogP contribution in [0.3, 0.4) is 0 Å². The lowest BCUT2D eigenvalue weighted by Crippen LogP contribution is -2.08. The standard InChI is InChI=1S/C12H13N5O2/c1-8-4-2-3-5-9(8)6-14-11-10(17(18)19)7-15-12(13)16-11/h2-5,7H,6H2,1H3,(H3,13,14,15,16). The van der Waals surface area contributed by atoms with Gasteiger partial charge >= 0.3 is 5.69 Å². The molecule has 0 unspecified atom stereocenters. The topological polar surface area (TPSA) is 107 Å². The first-order chi connectivity index (χ1) is 9.08. The predicted octanol–water partition coefficient (Wildman–Crippen LogP) is 1.89. The van der Waals surface area contributed by atoms with Crippen molar-refractivity contribution in [2.24, 2.45) is 0 Å². The Morgan fingerprint density at radius 1 is 1.42 bits per heavy atom. The van der Waals surface area contributed by atoms with Crippen LogP contribution < -0.4 is 11.1 Å². The number of hydrogen-bond acceptors (Lipinski definition) is 6. The highest BCUT2D eigenvalue weighted by Gasteiger charge is 2.16. The Balaban J connectivity index is 2.22. The fourth-order valence-electron chi connectivity index (χ4n) is 1.64. The first-order valence-corrected chi connectivity index (χ1v) is 5.63. The number of rotatable bonds is 4. The summed E-state index contributed by atoms with van der Waals surface area (Å²) in [5.74, 6) is 0.124. The second-order valence-corrected chi connectivity index (χ2v) is 4.00. The summed E-state index contributed by atoms with van der Waals surface area (Å²) in [6.45, 7) is 2.41. The van der Waals surface area contributed by atoms with Crippen molar-refractivity contribution in [3.05, 3.63) is 51.7 Å². The smallest absolute Gasteiger partial charge is 0.329 e. The lowest BCUT2D eigenvalue weighted by atomic mass is 10.1. The molecule has 19 heavy (non-hydrogen) atoms. The van der Waals surface area contributed by atoms with Gasteiger partial charge in [0.1, 0.15) is 6.20 Å². The molecule has 2 rings (SSSR count). The van der Waals surface area contributed by atoms with Gasteiger partial charge in [-0.05, 0) is 18.1 Å². The number of aryl methyl sites for hydroxylation is 1. The second kappa shape index (κ2) is 5.30. The monoisotopic (exact) mass is 259 g/mol. The predicted molar refractivity (Wildman–Crippen MR) is 71.6 cm³/mol. The molecule has 0 amide bonds. The van der Waals surface area contributed by atoms with Crippen LogP contribution in [-0.4, -0.2) is 14.9 Å². The molecule has 7 nitrogen and oxygen atoms in total. The Morgan fingerprint density at radius 2 is 2.16 bits per heavy atom. The van der Waals surface area contributed by atoms with Crippen LogP contribution in [-0.2, 0) is 6.54 Å². The van der Waals surface area contributed by atoms with Gasteiger partial charge in [0.2, 0.25) is 11.8 Å². The lowest BCUT2D eigenvalue weighted by Gasteiger charge is -2.08. The van der Waals surface area contributed by atoms with Crippen LogP contribution in [0.1, 0.15) is 11.1 Å². The third kappa shape index (κ3) is 2.95. The maximum atomic E-state index is 10.9. The minimum absolute atomic E-state index is 0.00196. The number of nitrogens with two attached hydrogens (primary N) is 1.